The molecule has 22 heavy (non-hydrogen) atoms. The third-order valence-electron chi connectivity index (χ3n) is 2.98. The Bertz CT molecular complexity index is 734. The van der Waals surface area contributed by atoms with Crippen molar-refractivity contribution in [3.63, 3.8) is 0 Å². The quantitative estimate of drug-likeness (QED) is 0.645. The van der Waals surface area contributed by atoms with Gasteiger partial charge in [0.05, 0.1) is 27.4 Å². The van der Waals surface area contributed by atoms with Gasteiger partial charge in [0.25, 0.3) is 12.0 Å². The van der Waals surface area contributed by atoms with Crippen LogP contribution in [0.15, 0.2) is 35.1 Å². The largest absolute Gasteiger partial charge is 0.494 e. The molecule has 0 saturated carbocycles. The van der Waals surface area contributed by atoms with Gasteiger partial charge < -0.3 is 9.30 Å². The number of aromatic nitrogens is 1. The molecule has 0 saturated heterocycles. The molecule has 1 aromatic carbocycles. The van der Waals surface area contributed by atoms with E-state index < -0.39 is 18.5 Å². The summed E-state index contributed by atoms with van der Waals surface area (Å²) in [5, 5.41) is 0.342. The van der Waals surface area contributed by atoms with Gasteiger partial charge in [-0.2, -0.15) is 0 Å². The number of hydrogen-bond donors (Lipinski definition) is 0. The van der Waals surface area contributed by atoms with Crippen molar-refractivity contribution in [1.29, 1.82) is 0 Å². The van der Waals surface area contributed by atoms with Crippen molar-refractivity contribution in [3.05, 3.63) is 49.3 Å². The number of benzene rings is 1. The van der Waals surface area contributed by atoms with Crippen LogP contribution < -0.4 is 10.3 Å². The standard InChI is InChI=1S/C15H13ClF2INO2/c1-2-22-9-3-4-10(11(16)7-9)13-6-5-12(19)15(21)20(13)8-14(17)18/h3-7,14H,2,8H2,1H3. The number of hydrogen-bond acceptors (Lipinski definition) is 2. The van der Waals surface area contributed by atoms with Crippen molar-refractivity contribution in [3.8, 4) is 17.0 Å². The van der Waals surface area contributed by atoms with Crippen LogP contribution in [0.4, 0.5) is 8.78 Å². The molecule has 0 N–H and O–H groups in total. The van der Waals surface area contributed by atoms with E-state index in [1.54, 1.807) is 30.3 Å². The lowest BCUT2D eigenvalue weighted by atomic mass is 10.1. The first kappa shape index (κ1) is 17.2. The van der Waals surface area contributed by atoms with E-state index in [0.717, 1.165) is 4.57 Å². The molecule has 7 heteroatoms. The van der Waals surface area contributed by atoms with Crippen LogP contribution in [-0.2, 0) is 6.54 Å². The first-order valence-corrected chi connectivity index (χ1v) is 8.00. The van der Waals surface area contributed by atoms with Gasteiger partial charge in [0.2, 0.25) is 0 Å². The van der Waals surface area contributed by atoms with E-state index >= 15 is 0 Å². The lowest BCUT2D eigenvalue weighted by Crippen LogP contribution is -2.26. The molecular formula is C15H13ClF2INO2. The maximum Gasteiger partial charge on any atom is 0.264 e. The van der Waals surface area contributed by atoms with Gasteiger partial charge in [-0.15, -0.1) is 0 Å². The zero-order valence-corrected chi connectivity index (χ0v) is 14.6. The monoisotopic (exact) mass is 439 g/mol. The van der Waals surface area contributed by atoms with Crippen LogP contribution in [-0.4, -0.2) is 17.6 Å². The van der Waals surface area contributed by atoms with Gasteiger partial charge in [0.15, 0.2) is 0 Å². The molecule has 1 heterocycles. The molecule has 1 aromatic heterocycles. The number of nitrogens with zero attached hydrogens (tertiary/aromatic N) is 1. The van der Waals surface area contributed by atoms with Crippen molar-refractivity contribution < 1.29 is 13.5 Å². The molecule has 0 aliphatic heterocycles. The predicted molar refractivity (Wildman–Crippen MR) is 91.0 cm³/mol. The summed E-state index contributed by atoms with van der Waals surface area (Å²) in [6.07, 6.45) is -2.63. The molecule has 0 unspecified atom stereocenters. The summed E-state index contributed by atoms with van der Waals surface area (Å²) in [6.45, 7) is 1.67. The van der Waals surface area contributed by atoms with Gasteiger partial charge in [-0.3, -0.25) is 4.79 Å². The topological polar surface area (TPSA) is 31.2 Å². The Morgan fingerprint density at radius 2 is 2.05 bits per heavy atom. The number of ether oxygens (including phenoxy) is 1. The van der Waals surface area contributed by atoms with Gasteiger partial charge in [0, 0.05) is 5.56 Å². The van der Waals surface area contributed by atoms with E-state index in [0.29, 0.717) is 32.2 Å². The van der Waals surface area contributed by atoms with Gasteiger partial charge in [-0.1, -0.05) is 11.6 Å². The molecular weight excluding hydrogens is 427 g/mol. The van der Waals surface area contributed by atoms with Crippen LogP contribution in [0, 0.1) is 3.57 Å². The Hall–Kier alpha value is -1.15. The van der Waals surface area contributed by atoms with Crippen LogP contribution in [0.3, 0.4) is 0 Å². The number of pyridine rings is 1. The summed E-state index contributed by atoms with van der Waals surface area (Å²) in [5.74, 6) is 0.588. The molecule has 0 aliphatic rings. The minimum atomic E-state index is -2.63. The van der Waals surface area contributed by atoms with Gasteiger partial charge >= 0.3 is 0 Å². The first-order valence-electron chi connectivity index (χ1n) is 6.54. The molecule has 0 spiro atoms. The highest BCUT2D eigenvalue weighted by molar-refractivity contribution is 14.1. The van der Waals surface area contributed by atoms with Crippen LogP contribution >= 0.6 is 34.2 Å². The molecule has 118 valence electrons. The Labute approximate surface area is 145 Å². The van der Waals surface area contributed by atoms with E-state index in [-0.39, 0.29) is 0 Å². The van der Waals surface area contributed by atoms with Crippen molar-refractivity contribution in [2.75, 3.05) is 6.61 Å². The fraction of sp³-hybridized carbons (Fsp3) is 0.267. The van der Waals surface area contributed by atoms with Crippen molar-refractivity contribution in [1.82, 2.24) is 4.57 Å². The lowest BCUT2D eigenvalue weighted by molar-refractivity contribution is 0.125. The Kier molecular flexibility index (Phi) is 5.80. The summed E-state index contributed by atoms with van der Waals surface area (Å²) in [6, 6.07) is 8.17. The number of halogens is 4. The second-order valence-electron chi connectivity index (χ2n) is 4.45. The maximum atomic E-state index is 12.8. The fourth-order valence-corrected chi connectivity index (χ4v) is 2.80. The van der Waals surface area contributed by atoms with E-state index in [4.69, 9.17) is 16.3 Å². The summed E-state index contributed by atoms with van der Waals surface area (Å²) in [5.41, 5.74) is 0.418. The van der Waals surface area contributed by atoms with Crippen molar-refractivity contribution in [2.45, 2.75) is 19.9 Å². The molecule has 2 aromatic rings. The van der Waals surface area contributed by atoms with E-state index in [1.807, 2.05) is 29.5 Å². The Morgan fingerprint density at radius 1 is 1.32 bits per heavy atom. The Balaban J connectivity index is 2.57. The van der Waals surface area contributed by atoms with Gasteiger partial charge in [-0.25, -0.2) is 8.78 Å². The molecule has 0 bridgehead atoms. The fourth-order valence-electron chi connectivity index (χ4n) is 2.07. The molecule has 0 fully saturated rings. The van der Waals surface area contributed by atoms with Gasteiger partial charge in [-0.05, 0) is 59.8 Å². The smallest absolute Gasteiger partial charge is 0.264 e. The van der Waals surface area contributed by atoms with E-state index in [2.05, 4.69) is 0 Å². The summed E-state index contributed by atoms with van der Waals surface area (Å²) in [4.78, 5) is 12.1. The van der Waals surface area contributed by atoms with Crippen LogP contribution in [0.1, 0.15) is 6.92 Å². The molecule has 0 aliphatic carbocycles. The first-order chi connectivity index (χ1) is 10.4. The average Bonchev–Trinajstić information content (AvgIpc) is 2.45. The SMILES string of the molecule is CCOc1ccc(-c2ccc(I)c(=O)n2CC(F)F)c(Cl)c1. The highest BCUT2D eigenvalue weighted by Gasteiger charge is 2.15. The Morgan fingerprint density at radius 3 is 2.64 bits per heavy atom. The zero-order valence-electron chi connectivity index (χ0n) is 11.7. The minimum absolute atomic E-state index is 0.342. The summed E-state index contributed by atoms with van der Waals surface area (Å²) >= 11 is 8.04. The lowest BCUT2D eigenvalue weighted by Gasteiger charge is -2.15. The second kappa shape index (κ2) is 7.41. The van der Waals surface area contributed by atoms with Crippen molar-refractivity contribution >= 4 is 34.2 Å². The van der Waals surface area contributed by atoms with Crippen molar-refractivity contribution in [2.24, 2.45) is 0 Å². The molecule has 0 amide bonds. The van der Waals surface area contributed by atoms with E-state index in [9.17, 15) is 13.6 Å². The third kappa shape index (κ3) is 3.78. The van der Waals surface area contributed by atoms with Crippen LogP contribution in [0.5, 0.6) is 5.75 Å². The highest BCUT2D eigenvalue weighted by Crippen LogP contribution is 2.31. The van der Waals surface area contributed by atoms with Crippen LogP contribution in [0.25, 0.3) is 11.3 Å². The zero-order chi connectivity index (χ0) is 16.3. The molecule has 2 rings (SSSR count). The number of rotatable bonds is 5. The summed E-state index contributed by atoms with van der Waals surface area (Å²) in [7, 11) is 0. The normalized spacial score (nSPS) is 11.0. The number of alkyl halides is 2. The maximum absolute atomic E-state index is 12.8. The van der Waals surface area contributed by atoms with E-state index in [1.165, 1.54) is 0 Å². The second-order valence-corrected chi connectivity index (χ2v) is 6.02. The summed E-state index contributed by atoms with van der Waals surface area (Å²) < 4.78 is 32.3. The van der Waals surface area contributed by atoms with Gasteiger partial charge in [0.1, 0.15) is 5.75 Å². The molecule has 3 nitrogen and oxygen atoms in total. The minimum Gasteiger partial charge on any atom is -0.494 e. The molecule has 0 radical (unpaired) electrons. The average molecular weight is 440 g/mol. The third-order valence-corrected chi connectivity index (χ3v) is 4.11. The van der Waals surface area contributed by atoms with Crippen LogP contribution in [0.2, 0.25) is 5.02 Å². The predicted octanol–water partition coefficient (Wildman–Crippen LogP) is 4.44. The highest BCUT2D eigenvalue weighted by atomic mass is 127. The molecule has 0 atom stereocenters.